The number of carbonyl (C=O) groups is 1. The zero-order valence-electron chi connectivity index (χ0n) is 10.3. The van der Waals surface area contributed by atoms with Crippen molar-refractivity contribution >= 4 is 11.6 Å². The Balaban J connectivity index is 2.66. The lowest BCUT2D eigenvalue weighted by Gasteiger charge is -2.14. The van der Waals surface area contributed by atoms with Crippen LogP contribution in [0.1, 0.15) is 15.9 Å². The number of ether oxygens (including phenoxy) is 2. The summed E-state index contributed by atoms with van der Waals surface area (Å²) in [4.78, 5) is 11.9. The Morgan fingerprint density at radius 1 is 1.41 bits per heavy atom. The molecule has 0 saturated carbocycles. The van der Waals surface area contributed by atoms with Gasteiger partial charge in [-0.2, -0.15) is 0 Å². The van der Waals surface area contributed by atoms with Gasteiger partial charge in [-0.25, -0.2) is 0 Å². The molecule has 1 aromatic carbocycles. The van der Waals surface area contributed by atoms with Crippen molar-refractivity contribution in [3.8, 4) is 0 Å². The second kappa shape index (κ2) is 6.22. The van der Waals surface area contributed by atoms with Crippen molar-refractivity contribution < 1.29 is 14.3 Å². The Labute approximate surface area is 101 Å². The van der Waals surface area contributed by atoms with Crippen LogP contribution in [0.4, 0.5) is 5.69 Å². The van der Waals surface area contributed by atoms with Gasteiger partial charge >= 0.3 is 0 Å². The number of hydrogen-bond acceptors (Lipinski definition) is 4. The van der Waals surface area contributed by atoms with Crippen molar-refractivity contribution in [3.63, 3.8) is 0 Å². The van der Waals surface area contributed by atoms with E-state index in [1.807, 2.05) is 13.0 Å². The standard InChI is InChI=1S/C12H18N2O3/c1-8-4-5-10(13)9(6-8)12(15)14-7-11(16-2)17-3/h4-6,11H,7,13H2,1-3H3,(H,14,15). The first-order valence-electron chi connectivity index (χ1n) is 5.28. The average Bonchev–Trinajstić information content (AvgIpc) is 2.33. The molecule has 17 heavy (non-hydrogen) atoms. The molecule has 0 aliphatic heterocycles. The smallest absolute Gasteiger partial charge is 0.253 e. The minimum atomic E-state index is -0.454. The van der Waals surface area contributed by atoms with Gasteiger partial charge in [-0.3, -0.25) is 4.79 Å². The third-order valence-corrected chi connectivity index (χ3v) is 2.41. The van der Waals surface area contributed by atoms with Gasteiger partial charge in [0.1, 0.15) is 0 Å². The first-order chi connectivity index (χ1) is 8.08. The van der Waals surface area contributed by atoms with Crippen LogP contribution in [0.15, 0.2) is 18.2 Å². The van der Waals surface area contributed by atoms with Gasteiger partial charge in [0.15, 0.2) is 6.29 Å². The number of methoxy groups -OCH3 is 2. The van der Waals surface area contributed by atoms with Crippen molar-refractivity contribution in [2.75, 3.05) is 26.5 Å². The second-order valence-electron chi connectivity index (χ2n) is 3.70. The first kappa shape index (κ1) is 13.5. The molecule has 5 nitrogen and oxygen atoms in total. The summed E-state index contributed by atoms with van der Waals surface area (Å²) in [6.07, 6.45) is -0.454. The van der Waals surface area contributed by atoms with Crippen molar-refractivity contribution in [1.82, 2.24) is 5.32 Å². The molecule has 0 aliphatic carbocycles. The summed E-state index contributed by atoms with van der Waals surface area (Å²) in [5.74, 6) is -0.231. The minimum absolute atomic E-state index is 0.231. The van der Waals surface area contributed by atoms with E-state index < -0.39 is 6.29 Å². The van der Waals surface area contributed by atoms with Gasteiger partial charge in [0, 0.05) is 19.9 Å². The maximum Gasteiger partial charge on any atom is 0.253 e. The number of benzene rings is 1. The van der Waals surface area contributed by atoms with Crippen LogP contribution in [-0.4, -0.2) is 33.0 Å². The van der Waals surface area contributed by atoms with Crippen molar-refractivity contribution in [3.05, 3.63) is 29.3 Å². The summed E-state index contributed by atoms with van der Waals surface area (Å²) >= 11 is 0. The molecule has 1 aromatic rings. The maximum absolute atomic E-state index is 11.9. The number of nitrogens with one attached hydrogen (secondary N) is 1. The lowest BCUT2D eigenvalue weighted by atomic mass is 10.1. The molecule has 94 valence electrons. The highest BCUT2D eigenvalue weighted by molar-refractivity contribution is 5.99. The number of anilines is 1. The highest BCUT2D eigenvalue weighted by Crippen LogP contribution is 2.13. The summed E-state index contributed by atoms with van der Waals surface area (Å²) < 4.78 is 9.94. The minimum Gasteiger partial charge on any atom is -0.398 e. The predicted octanol–water partition coefficient (Wildman–Crippen LogP) is 0.926. The third-order valence-electron chi connectivity index (χ3n) is 2.41. The zero-order valence-corrected chi connectivity index (χ0v) is 10.3. The molecule has 3 N–H and O–H groups in total. The van der Waals surface area contributed by atoms with Gasteiger partial charge < -0.3 is 20.5 Å². The molecule has 1 amide bonds. The molecule has 0 fully saturated rings. The molecule has 5 heteroatoms. The largest absolute Gasteiger partial charge is 0.398 e. The van der Waals surface area contributed by atoms with E-state index >= 15 is 0 Å². The van der Waals surface area contributed by atoms with E-state index in [-0.39, 0.29) is 12.5 Å². The third kappa shape index (κ3) is 3.72. The van der Waals surface area contributed by atoms with Gasteiger partial charge in [-0.05, 0) is 19.1 Å². The maximum atomic E-state index is 11.9. The van der Waals surface area contributed by atoms with Crippen LogP contribution in [0.5, 0.6) is 0 Å². The molecule has 0 unspecified atom stereocenters. The van der Waals surface area contributed by atoms with Gasteiger partial charge in [-0.1, -0.05) is 11.6 Å². The lowest BCUT2D eigenvalue weighted by Crippen LogP contribution is -2.34. The van der Waals surface area contributed by atoms with Gasteiger partial charge in [0.25, 0.3) is 5.91 Å². The van der Waals surface area contributed by atoms with Crippen molar-refractivity contribution in [1.29, 1.82) is 0 Å². The van der Waals surface area contributed by atoms with Crippen molar-refractivity contribution in [2.24, 2.45) is 0 Å². The fourth-order valence-electron chi connectivity index (χ4n) is 1.40. The second-order valence-corrected chi connectivity index (χ2v) is 3.70. The van der Waals surface area contributed by atoms with Gasteiger partial charge in [0.05, 0.1) is 12.1 Å². The van der Waals surface area contributed by atoms with Crippen LogP contribution >= 0.6 is 0 Å². The number of amides is 1. The zero-order chi connectivity index (χ0) is 12.8. The number of aryl methyl sites for hydroxylation is 1. The molecular weight excluding hydrogens is 220 g/mol. The lowest BCUT2D eigenvalue weighted by molar-refractivity contribution is -0.0974. The highest BCUT2D eigenvalue weighted by atomic mass is 16.7. The number of carbonyl (C=O) groups excluding carboxylic acids is 1. The Kier molecular flexibility index (Phi) is 4.93. The molecule has 0 atom stereocenters. The number of nitrogen functional groups attached to an aromatic ring is 1. The first-order valence-corrected chi connectivity index (χ1v) is 5.28. The average molecular weight is 238 g/mol. The number of rotatable bonds is 5. The molecule has 0 saturated heterocycles. The molecule has 0 radical (unpaired) electrons. The van der Waals surface area contributed by atoms with E-state index in [0.717, 1.165) is 5.56 Å². The van der Waals surface area contributed by atoms with Crippen LogP contribution in [0.2, 0.25) is 0 Å². The fourth-order valence-corrected chi connectivity index (χ4v) is 1.40. The SMILES string of the molecule is COC(CNC(=O)c1cc(C)ccc1N)OC. The van der Waals surface area contributed by atoms with E-state index in [4.69, 9.17) is 15.2 Å². The van der Waals surface area contributed by atoms with Gasteiger partial charge in [0.2, 0.25) is 0 Å². The molecule has 1 rings (SSSR count). The van der Waals surface area contributed by atoms with E-state index in [1.54, 1.807) is 12.1 Å². The number of nitrogens with two attached hydrogens (primary N) is 1. The topological polar surface area (TPSA) is 73.6 Å². The summed E-state index contributed by atoms with van der Waals surface area (Å²) in [6, 6.07) is 5.33. The Bertz CT molecular complexity index is 389. The summed E-state index contributed by atoms with van der Waals surface area (Å²) in [5.41, 5.74) is 7.65. The van der Waals surface area contributed by atoms with Crippen LogP contribution < -0.4 is 11.1 Å². The normalized spacial score (nSPS) is 10.6. The molecular formula is C12H18N2O3. The highest BCUT2D eigenvalue weighted by Gasteiger charge is 2.12. The monoisotopic (exact) mass is 238 g/mol. The van der Waals surface area contributed by atoms with Crippen LogP contribution in [0.3, 0.4) is 0 Å². The van der Waals surface area contributed by atoms with E-state index in [0.29, 0.717) is 11.3 Å². The molecule has 0 spiro atoms. The summed E-state index contributed by atoms with van der Waals surface area (Å²) in [5, 5.41) is 2.70. The fraction of sp³-hybridized carbons (Fsp3) is 0.417. The van der Waals surface area contributed by atoms with Crippen molar-refractivity contribution in [2.45, 2.75) is 13.2 Å². The van der Waals surface area contributed by atoms with E-state index in [9.17, 15) is 4.79 Å². The summed E-state index contributed by atoms with van der Waals surface area (Å²) in [7, 11) is 3.03. The van der Waals surface area contributed by atoms with Crippen LogP contribution in [0, 0.1) is 6.92 Å². The molecule has 0 bridgehead atoms. The molecule has 0 heterocycles. The van der Waals surface area contributed by atoms with Gasteiger partial charge in [-0.15, -0.1) is 0 Å². The Morgan fingerprint density at radius 2 is 2.06 bits per heavy atom. The quantitative estimate of drug-likeness (QED) is 0.591. The van der Waals surface area contributed by atoms with Crippen LogP contribution in [0.25, 0.3) is 0 Å². The predicted molar refractivity (Wildman–Crippen MR) is 65.7 cm³/mol. The molecule has 0 aliphatic rings. The Morgan fingerprint density at radius 3 is 2.65 bits per heavy atom. The number of hydrogen-bond donors (Lipinski definition) is 2. The van der Waals surface area contributed by atoms with Crippen LogP contribution in [-0.2, 0) is 9.47 Å². The Hall–Kier alpha value is -1.59. The summed E-state index contributed by atoms with van der Waals surface area (Å²) in [6.45, 7) is 2.18. The van der Waals surface area contributed by atoms with E-state index in [1.165, 1.54) is 14.2 Å². The van der Waals surface area contributed by atoms with E-state index in [2.05, 4.69) is 5.32 Å². The molecule has 0 aromatic heterocycles.